The Morgan fingerprint density at radius 3 is 2.12 bits per heavy atom. The van der Waals surface area contributed by atoms with E-state index in [2.05, 4.69) is 5.16 Å². The van der Waals surface area contributed by atoms with Gasteiger partial charge in [0, 0.05) is 25.7 Å². The number of ether oxygens (including phenoxy) is 2. The van der Waals surface area contributed by atoms with Crippen LogP contribution < -0.4 is 14.4 Å². The van der Waals surface area contributed by atoms with Gasteiger partial charge in [0.1, 0.15) is 18.8 Å². The standard InChI is InChI=1S/C38H40N4O6/c1-21-25-17-24-18-26-30(41(3)4)32-29(37(40-48-32)47-20-23-15-11-8-12-16-23)35(45)38(26,2)34(44)27(24)31(43)28(25)33(36(39-21)42(5)6)46-19-22-13-9-7-10-14-22/h7-16,24,26-27,30H,17-20H2,1-6H3. The molecule has 0 spiro atoms. The molecule has 0 N–H and O–H groups in total. The predicted molar refractivity (Wildman–Crippen MR) is 178 cm³/mol. The maximum Gasteiger partial charge on any atom is 0.265 e. The summed E-state index contributed by atoms with van der Waals surface area (Å²) in [5.74, 6) is -1.48. The van der Waals surface area contributed by atoms with Crippen molar-refractivity contribution in [1.29, 1.82) is 0 Å². The Balaban J connectivity index is 1.29. The average molecular weight is 649 g/mol. The summed E-state index contributed by atoms with van der Waals surface area (Å²) < 4.78 is 18.3. The molecule has 2 aromatic heterocycles. The van der Waals surface area contributed by atoms with Crippen LogP contribution in [-0.2, 0) is 24.4 Å². The van der Waals surface area contributed by atoms with Gasteiger partial charge in [-0.25, -0.2) is 4.98 Å². The molecule has 0 radical (unpaired) electrons. The van der Waals surface area contributed by atoms with Crippen LogP contribution in [0.25, 0.3) is 0 Å². The quantitative estimate of drug-likeness (QED) is 0.222. The minimum Gasteiger partial charge on any atom is -0.484 e. The van der Waals surface area contributed by atoms with Crippen LogP contribution in [0.15, 0.2) is 65.2 Å². The van der Waals surface area contributed by atoms with Gasteiger partial charge in [-0.3, -0.25) is 19.3 Å². The van der Waals surface area contributed by atoms with Gasteiger partial charge in [0.15, 0.2) is 34.7 Å². The third-order valence-electron chi connectivity index (χ3n) is 10.5. The van der Waals surface area contributed by atoms with E-state index in [1.165, 1.54) is 0 Å². The van der Waals surface area contributed by atoms with Gasteiger partial charge in [-0.1, -0.05) is 60.7 Å². The summed E-state index contributed by atoms with van der Waals surface area (Å²) in [6.45, 7) is 4.02. The SMILES string of the molecule is Cc1nc(N(C)C)c(OCc2ccccc2)c2c1CC1CC3C(N(C)C)c4onc(OCc5ccccc5)c4C(=O)C3(C)C(=O)C1C2=O. The smallest absolute Gasteiger partial charge is 0.265 e. The molecule has 48 heavy (non-hydrogen) atoms. The number of benzene rings is 2. The first-order chi connectivity index (χ1) is 23.0. The summed E-state index contributed by atoms with van der Waals surface area (Å²) in [5, 5.41) is 4.19. The zero-order valence-corrected chi connectivity index (χ0v) is 28.1. The van der Waals surface area contributed by atoms with Crippen LogP contribution in [0, 0.1) is 30.1 Å². The van der Waals surface area contributed by atoms with Crippen molar-refractivity contribution < 1.29 is 28.4 Å². The first-order valence-electron chi connectivity index (χ1n) is 16.4. The number of fused-ring (bicyclic) bond motifs is 4. The zero-order valence-electron chi connectivity index (χ0n) is 28.1. The summed E-state index contributed by atoms with van der Waals surface area (Å²) in [5.41, 5.74) is 2.45. The van der Waals surface area contributed by atoms with Crippen LogP contribution in [0.2, 0.25) is 0 Å². The lowest BCUT2D eigenvalue weighted by Crippen LogP contribution is -2.60. The van der Waals surface area contributed by atoms with Gasteiger partial charge in [0.2, 0.25) is 0 Å². The highest BCUT2D eigenvalue weighted by Gasteiger charge is 2.65. The fourth-order valence-corrected chi connectivity index (χ4v) is 8.04. The lowest BCUT2D eigenvalue weighted by molar-refractivity contribution is -0.140. The van der Waals surface area contributed by atoms with Gasteiger partial charge in [-0.15, -0.1) is 0 Å². The van der Waals surface area contributed by atoms with Crippen LogP contribution >= 0.6 is 0 Å². The van der Waals surface area contributed by atoms with Crippen molar-refractivity contribution in [3.05, 3.63) is 99.9 Å². The number of Topliss-reactive ketones (excluding diaryl/α,β-unsaturated/α-hetero) is 3. The summed E-state index contributed by atoms with van der Waals surface area (Å²) in [4.78, 5) is 53.0. The molecular formula is C38H40N4O6. The lowest BCUT2D eigenvalue weighted by Gasteiger charge is -2.52. The predicted octanol–water partition coefficient (Wildman–Crippen LogP) is 5.67. The van der Waals surface area contributed by atoms with Crippen molar-refractivity contribution in [3.63, 3.8) is 0 Å². The van der Waals surface area contributed by atoms with Gasteiger partial charge in [0.25, 0.3) is 5.88 Å². The van der Waals surface area contributed by atoms with Gasteiger partial charge in [0.05, 0.1) is 22.9 Å². The largest absolute Gasteiger partial charge is 0.484 e. The van der Waals surface area contributed by atoms with Gasteiger partial charge >= 0.3 is 0 Å². The van der Waals surface area contributed by atoms with Crippen LogP contribution in [0.3, 0.4) is 0 Å². The second-order valence-electron chi connectivity index (χ2n) is 13.8. The molecule has 248 valence electrons. The number of nitrogens with zero attached hydrogens (tertiary/aromatic N) is 4. The molecule has 10 heteroatoms. The third kappa shape index (κ3) is 4.92. The maximum absolute atomic E-state index is 14.9. The van der Waals surface area contributed by atoms with E-state index >= 15 is 0 Å². The molecule has 0 amide bonds. The second kappa shape index (κ2) is 12.0. The molecule has 2 heterocycles. The van der Waals surface area contributed by atoms with Gasteiger partial charge in [-0.2, -0.15) is 0 Å². The molecule has 2 aromatic carbocycles. The number of carbonyl (C=O) groups is 3. The Bertz CT molecular complexity index is 1900. The molecule has 0 aliphatic heterocycles. The first kappa shape index (κ1) is 31.8. The Hall–Kier alpha value is -4.83. The van der Waals surface area contributed by atoms with Gasteiger partial charge < -0.3 is 18.9 Å². The minimum atomic E-state index is -1.50. The van der Waals surface area contributed by atoms with Crippen LogP contribution in [0.5, 0.6) is 11.6 Å². The van der Waals surface area contributed by atoms with E-state index in [1.54, 1.807) is 6.92 Å². The zero-order chi connectivity index (χ0) is 33.9. The molecule has 3 aliphatic rings. The summed E-state index contributed by atoms with van der Waals surface area (Å²) in [6, 6.07) is 18.9. The van der Waals surface area contributed by atoms with E-state index in [9.17, 15) is 14.4 Å². The number of ketones is 3. The number of aromatic nitrogens is 2. The number of hydrogen-bond donors (Lipinski definition) is 0. The lowest BCUT2D eigenvalue weighted by atomic mass is 9.50. The topological polar surface area (TPSA) is 115 Å². The van der Waals surface area contributed by atoms with Crippen molar-refractivity contribution in [3.8, 4) is 11.6 Å². The molecule has 1 fully saturated rings. The van der Waals surface area contributed by atoms with Crippen LogP contribution in [0.1, 0.15) is 68.2 Å². The second-order valence-corrected chi connectivity index (χ2v) is 13.8. The highest BCUT2D eigenvalue weighted by molar-refractivity contribution is 6.24. The molecule has 1 saturated carbocycles. The van der Waals surface area contributed by atoms with Crippen molar-refractivity contribution in [1.82, 2.24) is 15.0 Å². The molecule has 7 rings (SSSR count). The highest BCUT2D eigenvalue weighted by Crippen LogP contribution is 2.59. The number of carbonyl (C=O) groups excluding carboxylic acids is 3. The minimum absolute atomic E-state index is 0.0644. The number of anilines is 1. The number of pyridine rings is 1. The van der Waals surface area contributed by atoms with Gasteiger partial charge in [-0.05, 0) is 68.5 Å². The molecular weight excluding hydrogens is 608 g/mol. The molecule has 5 atom stereocenters. The van der Waals surface area contributed by atoms with Crippen molar-refractivity contribution in [2.45, 2.75) is 45.9 Å². The van der Waals surface area contributed by atoms with Crippen LogP contribution in [-0.4, -0.2) is 60.6 Å². The third-order valence-corrected chi connectivity index (χ3v) is 10.5. The van der Waals surface area contributed by atoms with Crippen LogP contribution in [0.4, 0.5) is 5.82 Å². The molecule has 3 aliphatic carbocycles. The number of hydrogen-bond acceptors (Lipinski definition) is 10. The molecule has 10 nitrogen and oxygen atoms in total. The maximum atomic E-state index is 14.9. The summed E-state index contributed by atoms with van der Waals surface area (Å²) in [6.07, 6.45) is 0.948. The van der Waals surface area contributed by atoms with E-state index < -0.39 is 29.1 Å². The number of rotatable bonds is 8. The Morgan fingerprint density at radius 2 is 1.52 bits per heavy atom. The summed E-state index contributed by atoms with van der Waals surface area (Å²) in [7, 11) is 7.52. The molecule has 5 unspecified atom stereocenters. The summed E-state index contributed by atoms with van der Waals surface area (Å²) >= 11 is 0. The average Bonchev–Trinajstić information content (AvgIpc) is 3.49. The van der Waals surface area contributed by atoms with E-state index in [4.69, 9.17) is 19.0 Å². The van der Waals surface area contributed by atoms with Crippen molar-refractivity contribution in [2.24, 2.45) is 23.2 Å². The van der Waals surface area contributed by atoms with E-state index in [1.807, 2.05) is 106 Å². The van der Waals surface area contributed by atoms with Crippen molar-refractivity contribution >= 4 is 23.2 Å². The highest BCUT2D eigenvalue weighted by atomic mass is 16.5. The first-order valence-corrected chi connectivity index (χ1v) is 16.4. The monoisotopic (exact) mass is 648 g/mol. The fraction of sp³-hybridized carbons (Fsp3) is 0.395. The normalized spacial score (nSPS) is 24.4. The number of aryl methyl sites for hydroxylation is 1. The van der Waals surface area contributed by atoms with E-state index in [0.717, 1.165) is 22.4 Å². The van der Waals surface area contributed by atoms with E-state index in [-0.39, 0.29) is 42.1 Å². The van der Waals surface area contributed by atoms with Crippen molar-refractivity contribution in [2.75, 3.05) is 33.1 Å². The molecule has 0 bridgehead atoms. The Kier molecular flexibility index (Phi) is 7.94. The molecule has 4 aromatic rings. The molecule has 0 saturated heterocycles. The van der Waals surface area contributed by atoms with E-state index in [0.29, 0.717) is 35.7 Å². The fourth-order valence-electron chi connectivity index (χ4n) is 8.04. The Labute approximate surface area is 280 Å². The Morgan fingerprint density at radius 1 is 0.896 bits per heavy atom.